The van der Waals surface area contributed by atoms with Crippen LogP contribution in [0.3, 0.4) is 0 Å². The molecule has 0 amide bonds. The number of allylic oxidation sites excluding steroid dienone is 4. The van der Waals surface area contributed by atoms with E-state index >= 15 is 0 Å². The summed E-state index contributed by atoms with van der Waals surface area (Å²) in [4.78, 5) is 0. The first-order chi connectivity index (χ1) is 11.5. The van der Waals surface area contributed by atoms with E-state index in [4.69, 9.17) is 9.47 Å². The molecule has 3 aliphatic rings. The van der Waals surface area contributed by atoms with Crippen molar-refractivity contribution >= 4 is 0 Å². The molecular weight excluding hydrogens is 304 g/mol. The standard InChI is InChI=1S/C20H32O4/c1-12(2)6-4-7-13(3)8-5-9-15-14-10-11-16-17(14)20(23-18(15)21)24-19(16)22/h6,8,14-22H,4-5,7,9-11H2,1-3H3. The van der Waals surface area contributed by atoms with Crippen LogP contribution >= 0.6 is 0 Å². The zero-order chi connectivity index (χ0) is 17.3. The summed E-state index contributed by atoms with van der Waals surface area (Å²) in [6, 6.07) is 0. The summed E-state index contributed by atoms with van der Waals surface area (Å²) in [5, 5.41) is 20.4. The van der Waals surface area contributed by atoms with Gasteiger partial charge in [0.25, 0.3) is 0 Å². The normalized spacial score (nSPS) is 41.4. The lowest BCUT2D eigenvalue weighted by Gasteiger charge is -2.40. The van der Waals surface area contributed by atoms with Gasteiger partial charge < -0.3 is 19.7 Å². The molecule has 7 atom stereocenters. The largest absolute Gasteiger partial charge is 0.368 e. The van der Waals surface area contributed by atoms with E-state index in [1.54, 1.807) is 0 Å². The summed E-state index contributed by atoms with van der Waals surface area (Å²) in [5.41, 5.74) is 2.79. The molecule has 0 spiro atoms. The molecule has 0 aromatic carbocycles. The third-order valence-electron chi connectivity index (χ3n) is 6.05. The van der Waals surface area contributed by atoms with Gasteiger partial charge in [-0.1, -0.05) is 23.3 Å². The van der Waals surface area contributed by atoms with Gasteiger partial charge in [0.1, 0.15) is 0 Å². The van der Waals surface area contributed by atoms with Gasteiger partial charge in [-0.3, -0.25) is 0 Å². The molecule has 2 saturated heterocycles. The predicted octanol–water partition coefficient (Wildman–Crippen LogP) is 3.74. The Bertz CT molecular complexity index is 494. The lowest BCUT2D eigenvalue weighted by Crippen LogP contribution is -2.45. The first-order valence-corrected chi connectivity index (χ1v) is 9.43. The maximum absolute atomic E-state index is 10.4. The summed E-state index contributed by atoms with van der Waals surface area (Å²) in [7, 11) is 0. The van der Waals surface area contributed by atoms with E-state index in [1.165, 1.54) is 11.1 Å². The van der Waals surface area contributed by atoms with Crippen LogP contribution < -0.4 is 0 Å². The Morgan fingerprint density at radius 3 is 2.42 bits per heavy atom. The SMILES string of the molecule is CC(C)=CCCC(C)=CCCC1C(O)OC2OC(O)C3CCC1C23. The van der Waals surface area contributed by atoms with Gasteiger partial charge >= 0.3 is 0 Å². The molecule has 1 saturated carbocycles. The van der Waals surface area contributed by atoms with Crippen molar-refractivity contribution in [3.05, 3.63) is 23.3 Å². The van der Waals surface area contributed by atoms with Crippen LogP contribution in [0.25, 0.3) is 0 Å². The fourth-order valence-corrected chi connectivity index (χ4v) is 4.79. The number of ether oxygens (including phenoxy) is 2. The van der Waals surface area contributed by atoms with Crippen LogP contribution in [0.1, 0.15) is 59.3 Å². The number of aliphatic hydroxyl groups is 2. The van der Waals surface area contributed by atoms with Gasteiger partial charge in [0.15, 0.2) is 18.9 Å². The average Bonchev–Trinajstić information content (AvgIpc) is 3.06. The molecule has 2 N–H and O–H groups in total. The molecule has 24 heavy (non-hydrogen) atoms. The Balaban J connectivity index is 1.53. The van der Waals surface area contributed by atoms with Crippen molar-refractivity contribution in [2.75, 3.05) is 0 Å². The molecule has 0 bridgehead atoms. The van der Waals surface area contributed by atoms with Gasteiger partial charge in [0.05, 0.1) is 0 Å². The van der Waals surface area contributed by atoms with Gasteiger partial charge in [0.2, 0.25) is 0 Å². The van der Waals surface area contributed by atoms with Gasteiger partial charge in [-0.05, 0) is 65.2 Å². The van der Waals surface area contributed by atoms with Crippen LogP contribution in [0.2, 0.25) is 0 Å². The van der Waals surface area contributed by atoms with Gasteiger partial charge in [0, 0.05) is 17.8 Å². The van der Waals surface area contributed by atoms with Crippen LogP contribution in [-0.2, 0) is 9.47 Å². The molecule has 136 valence electrons. The smallest absolute Gasteiger partial charge is 0.167 e. The Labute approximate surface area is 145 Å². The van der Waals surface area contributed by atoms with E-state index in [2.05, 4.69) is 32.9 Å². The monoisotopic (exact) mass is 336 g/mol. The first-order valence-electron chi connectivity index (χ1n) is 9.43. The van der Waals surface area contributed by atoms with Crippen LogP contribution in [0.4, 0.5) is 0 Å². The minimum absolute atomic E-state index is 0.159. The molecule has 2 heterocycles. The summed E-state index contributed by atoms with van der Waals surface area (Å²) in [5.74, 6) is 1.03. The molecule has 2 aliphatic heterocycles. The van der Waals surface area contributed by atoms with Crippen molar-refractivity contribution in [3.8, 4) is 0 Å². The van der Waals surface area contributed by atoms with Gasteiger partial charge in [-0.25, -0.2) is 0 Å². The van der Waals surface area contributed by atoms with Gasteiger partial charge in [-0.2, -0.15) is 0 Å². The lowest BCUT2D eigenvalue weighted by atomic mass is 9.77. The van der Waals surface area contributed by atoms with Crippen molar-refractivity contribution in [3.63, 3.8) is 0 Å². The topological polar surface area (TPSA) is 58.9 Å². The third kappa shape index (κ3) is 3.77. The van der Waals surface area contributed by atoms with E-state index < -0.39 is 18.9 Å². The van der Waals surface area contributed by atoms with Crippen molar-refractivity contribution < 1.29 is 19.7 Å². The maximum atomic E-state index is 10.4. The Morgan fingerprint density at radius 1 is 0.958 bits per heavy atom. The van der Waals surface area contributed by atoms with E-state index in [9.17, 15) is 10.2 Å². The summed E-state index contributed by atoms with van der Waals surface area (Å²) in [6.45, 7) is 6.46. The fourth-order valence-electron chi connectivity index (χ4n) is 4.79. The Hall–Kier alpha value is -0.680. The van der Waals surface area contributed by atoms with Crippen LogP contribution in [0, 0.1) is 23.7 Å². The minimum Gasteiger partial charge on any atom is -0.368 e. The molecule has 3 rings (SSSR count). The highest BCUT2D eigenvalue weighted by Crippen LogP contribution is 2.54. The Kier molecular flexibility index (Phi) is 5.81. The number of hydrogen-bond acceptors (Lipinski definition) is 4. The molecule has 3 fully saturated rings. The first kappa shape index (κ1) is 18.1. The lowest BCUT2D eigenvalue weighted by molar-refractivity contribution is -0.301. The van der Waals surface area contributed by atoms with Crippen molar-refractivity contribution in [1.82, 2.24) is 0 Å². The second kappa shape index (κ2) is 7.69. The van der Waals surface area contributed by atoms with Crippen LogP contribution in [-0.4, -0.2) is 29.1 Å². The van der Waals surface area contributed by atoms with E-state index in [1.807, 2.05) is 0 Å². The molecule has 0 radical (unpaired) electrons. The van der Waals surface area contributed by atoms with Crippen LogP contribution in [0.15, 0.2) is 23.3 Å². The average molecular weight is 336 g/mol. The molecule has 1 aliphatic carbocycles. The number of rotatable bonds is 6. The highest BCUT2D eigenvalue weighted by molar-refractivity contribution is 5.03. The molecular formula is C20H32O4. The highest BCUT2D eigenvalue weighted by atomic mass is 16.8. The summed E-state index contributed by atoms with van der Waals surface area (Å²) < 4.78 is 11.1. The zero-order valence-corrected chi connectivity index (χ0v) is 15.1. The quantitative estimate of drug-likeness (QED) is 0.726. The predicted molar refractivity (Wildman–Crippen MR) is 92.8 cm³/mol. The molecule has 7 unspecified atom stereocenters. The second-order valence-corrected chi connectivity index (χ2v) is 8.02. The Morgan fingerprint density at radius 2 is 1.67 bits per heavy atom. The summed E-state index contributed by atoms with van der Waals surface area (Å²) in [6.07, 6.45) is 8.88. The van der Waals surface area contributed by atoms with E-state index in [0.29, 0.717) is 5.92 Å². The van der Waals surface area contributed by atoms with E-state index in [0.717, 1.165) is 38.5 Å². The molecule has 0 aromatic heterocycles. The number of aliphatic hydroxyl groups excluding tert-OH is 2. The summed E-state index contributed by atoms with van der Waals surface area (Å²) >= 11 is 0. The molecule has 4 nitrogen and oxygen atoms in total. The van der Waals surface area contributed by atoms with E-state index in [-0.39, 0.29) is 17.8 Å². The van der Waals surface area contributed by atoms with Crippen molar-refractivity contribution in [1.29, 1.82) is 0 Å². The van der Waals surface area contributed by atoms with Crippen molar-refractivity contribution in [2.45, 2.75) is 78.2 Å². The highest BCUT2D eigenvalue weighted by Gasteiger charge is 2.58. The fraction of sp³-hybridized carbons (Fsp3) is 0.800. The second-order valence-electron chi connectivity index (χ2n) is 8.02. The number of hydrogen-bond donors (Lipinski definition) is 2. The zero-order valence-electron chi connectivity index (χ0n) is 15.1. The molecule has 4 heteroatoms. The maximum Gasteiger partial charge on any atom is 0.167 e. The molecule has 0 aromatic rings. The van der Waals surface area contributed by atoms with Crippen LogP contribution in [0.5, 0.6) is 0 Å². The minimum atomic E-state index is -0.764. The third-order valence-corrected chi connectivity index (χ3v) is 6.05. The van der Waals surface area contributed by atoms with Gasteiger partial charge in [-0.15, -0.1) is 0 Å². The van der Waals surface area contributed by atoms with Crippen molar-refractivity contribution in [2.24, 2.45) is 23.7 Å².